The Morgan fingerprint density at radius 3 is 2.44 bits per heavy atom. The molecule has 1 aromatic carbocycles. The fraction of sp³-hybridized carbons (Fsp3) is 0.429. The predicted molar refractivity (Wildman–Crippen MR) is 69.1 cm³/mol. The minimum Gasteiger partial charge on any atom is -0.479 e. The van der Waals surface area contributed by atoms with Crippen molar-refractivity contribution in [1.82, 2.24) is 5.32 Å². The number of carboxylic acids is 1. The number of amides is 1. The van der Waals surface area contributed by atoms with Gasteiger partial charge in [-0.2, -0.15) is 0 Å². The van der Waals surface area contributed by atoms with Crippen LogP contribution in [0.1, 0.15) is 44.2 Å². The van der Waals surface area contributed by atoms with Crippen LogP contribution in [-0.4, -0.2) is 17.0 Å². The van der Waals surface area contributed by atoms with Crippen LogP contribution in [-0.2, 0) is 9.59 Å². The first kappa shape index (κ1) is 14.2. The largest absolute Gasteiger partial charge is 0.479 e. The lowest BCUT2D eigenvalue weighted by Gasteiger charge is -2.14. The Hall–Kier alpha value is -1.84. The molecule has 1 rings (SSSR count). The molecule has 0 aliphatic heterocycles. The van der Waals surface area contributed by atoms with Gasteiger partial charge in [0.1, 0.15) is 0 Å². The van der Waals surface area contributed by atoms with Crippen molar-refractivity contribution < 1.29 is 14.7 Å². The van der Waals surface area contributed by atoms with Gasteiger partial charge < -0.3 is 10.4 Å². The van der Waals surface area contributed by atoms with Crippen molar-refractivity contribution in [2.75, 3.05) is 0 Å². The molecule has 18 heavy (non-hydrogen) atoms. The zero-order valence-electron chi connectivity index (χ0n) is 10.6. The Balaban J connectivity index is 2.59. The van der Waals surface area contributed by atoms with Gasteiger partial charge in [0.05, 0.1) is 0 Å². The summed E-state index contributed by atoms with van der Waals surface area (Å²) in [6.45, 7) is 2.06. The number of rotatable bonds is 7. The zero-order chi connectivity index (χ0) is 13.4. The molecule has 0 saturated heterocycles. The Bertz CT molecular complexity index is 389. The van der Waals surface area contributed by atoms with Crippen molar-refractivity contribution in [1.29, 1.82) is 0 Å². The lowest BCUT2D eigenvalue weighted by atomic mass is 10.1. The molecule has 98 valence electrons. The van der Waals surface area contributed by atoms with Gasteiger partial charge in [0.25, 0.3) is 0 Å². The topological polar surface area (TPSA) is 66.4 Å². The molecule has 0 saturated carbocycles. The summed E-state index contributed by atoms with van der Waals surface area (Å²) in [7, 11) is 0. The molecule has 0 unspecified atom stereocenters. The fourth-order valence-corrected chi connectivity index (χ4v) is 1.70. The standard InChI is InChI=1S/C14H19NO3/c1-2-3-5-10-12(16)15-13(14(17)18)11-8-6-4-7-9-11/h4,6-9,13H,2-3,5,10H2,1H3,(H,15,16)(H,17,18)/t13-/m1/s1. The molecule has 0 fully saturated rings. The molecule has 0 spiro atoms. The fourth-order valence-electron chi connectivity index (χ4n) is 1.70. The van der Waals surface area contributed by atoms with Crippen LogP contribution in [0.2, 0.25) is 0 Å². The van der Waals surface area contributed by atoms with Crippen molar-refractivity contribution >= 4 is 11.9 Å². The first-order valence-corrected chi connectivity index (χ1v) is 6.22. The summed E-state index contributed by atoms with van der Waals surface area (Å²) in [5.41, 5.74) is 0.592. The van der Waals surface area contributed by atoms with Gasteiger partial charge in [-0.15, -0.1) is 0 Å². The van der Waals surface area contributed by atoms with Crippen LogP contribution < -0.4 is 5.32 Å². The van der Waals surface area contributed by atoms with Gasteiger partial charge in [-0.05, 0) is 12.0 Å². The highest BCUT2D eigenvalue weighted by Crippen LogP contribution is 2.13. The molecule has 1 atom stereocenters. The van der Waals surface area contributed by atoms with Crippen molar-refractivity contribution in [3.05, 3.63) is 35.9 Å². The van der Waals surface area contributed by atoms with Crippen LogP contribution in [0.3, 0.4) is 0 Å². The molecule has 0 aromatic heterocycles. The third-order valence-electron chi connectivity index (χ3n) is 2.69. The number of unbranched alkanes of at least 4 members (excludes halogenated alkanes) is 2. The Kier molecular flexibility index (Phi) is 5.91. The molecule has 1 amide bonds. The molecule has 4 nitrogen and oxygen atoms in total. The average molecular weight is 249 g/mol. The molecule has 2 N–H and O–H groups in total. The third kappa shape index (κ3) is 4.57. The van der Waals surface area contributed by atoms with Crippen molar-refractivity contribution in [3.63, 3.8) is 0 Å². The maximum absolute atomic E-state index is 11.6. The number of hydrogen-bond acceptors (Lipinski definition) is 2. The smallest absolute Gasteiger partial charge is 0.330 e. The van der Waals surface area contributed by atoms with Crippen molar-refractivity contribution in [2.24, 2.45) is 0 Å². The van der Waals surface area contributed by atoms with Gasteiger partial charge in [-0.25, -0.2) is 4.79 Å². The second-order valence-corrected chi connectivity index (χ2v) is 4.21. The first-order chi connectivity index (χ1) is 8.65. The molecule has 0 aliphatic rings. The summed E-state index contributed by atoms with van der Waals surface area (Å²) in [5, 5.41) is 11.7. The average Bonchev–Trinajstić information content (AvgIpc) is 2.37. The second-order valence-electron chi connectivity index (χ2n) is 4.21. The van der Waals surface area contributed by atoms with E-state index in [1.54, 1.807) is 24.3 Å². The number of hydrogen-bond donors (Lipinski definition) is 2. The molecule has 0 radical (unpaired) electrons. The Morgan fingerprint density at radius 2 is 1.89 bits per heavy atom. The molecule has 0 bridgehead atoms. The highest BCUT2D eigenvalue weighted by atomic mass is 16.4. The summed E-state index contributed by atoms with van der Waals surface area (Å²) in [6, 6.07) is 7.77. The van der Waals surface area contributed by atoms with Crippen LogP contribution in [0.5, 0.6) is 0 Å². The van der Waals surface area contributed by atoms with E-state index < -0.39 is 12.0 Å². The molecule has 1 aromatic rings. The zero-order valence-corrected chi connectivity index (χ0v) is 10.6. The number of carbonyl (C=O) groups is 2. The number of carboxylic acid groups (broad SMARTS) is 1. The van der Waals surface area contributed by atoms with Crippen LogP contribution in [0.15, 0.2) is 30.3 Å². The third-order valence-corrected chi connectivity index (χ3v) is 2.69. The first-order valence-electron chi connectivity index (χ1n) is 6.22. The van der Waals surface area contributed by atoms with Crippen LogP contribution in [0.25, 0.3) is 0 Å². The maximum Gasteiger partial charge on any atom is 0.330 e. The van der Waals surface area contributed by atoms with E-state index in [9.17, 15) is 9.59 Å². The number of aliphatic carboxylic acids is 1. The minimum atomic E-state index is -1.04. The van der Waals surface area contributed by atoms with E-state index in [-0.39, 0.29) is 5.91 Å². The summed E-state index contributed by atoms with van der Waals surface area (Å²) >= 11 is 0. The molecule has 0 aliphatic carbocycles. The SMILES string of the molecule is CCCCCC(=O)N[C@@H](C(=O)O)c1ccccc1. The Morgan fingerprint density at radius 1 is 1.22 bits per heavy atom. The highest BCUT2D eigenvalue weighted by Gasteiger charge is 2.21. The molecule has 4 heteroatoms. The predicted octanol–water partition coefficient (Wildman–Crippen LogP) is 2.51. The van der Waals surface area contributed by atoms with Gasteiger partial charge in [0.15, 0.2) is 6.04 Å². The van der Waals surface area contributed by atoms with Crippen LogP contribution >= 0.6 is 0 Å². The van der Waals surface area contributed by atoms with E-state index in [1.807, 2.05) is 6.07 Å². The summed E-state index contributed by atoms with van der Waals surface area (Å²) < 4.78 is 0. The van der Waals surface area contributed by atoms with E-state index in [4.69, 9.17) is 5.11 Å². The second kappa shape index (κ2) is 7.48. The highest BCUT2D eigenvalue weighted by molar-refractivity contribution is 5.84. The van der Waals surface area contributed by atoms with E-state index in [0.29, 0.717) is 12.0 Å². The van der Waals surface area contributed by atoms with Gasteiger partial charge in [0.2, 0.25) is 5.91 Å². The normalized spacial score (nSPS) is 11.8. The summed E-state index contributed by atoms with van der Waals surface area (Å²) in [6.07, 6.45) is 3.19. The van der Waals surface area contributed by atoms with Crippen LogP contribution in [0.4, 0.5) is 0 Å². The number of carbonyl (C=O) groups excluding carboxylic acids is 1. The van der Waals surface area contributed by atoms with Crippen molar-refractivity contribution in [3.8, 4) is 0 Å². The van der Waals surface area contributed by atoms with E-state index >= 15 is 0 Å². The lowest BCUT2D eigenvalue weighted by Crippen LogP contribution is -2.33. The molecule has 0 heterocycles. The minimum absolute atomic E-state index is 0.209. The van der Waals surface area contributed by atoms with Gasteiger partial charge in [-0.1, -0.05) is 50.1 Å². The molecular weight excluding hydrogens is 230 g/mol. The summed E-state index contributed by atoms with van der Waals surface area (Å²) in [5.74, 6) is -1.25. The van der Waals surface area contributed by atoms with Gasteiger partial charge in [0, 0.05) is 6.42 Å². The van der Waals surface area contributed by atoms with E-state index in [2.05, 4.69) is 12.2 Å². The Labute approximate surface area is 107 Å². The van der Waals surface area contributed by atoms with E-state index in [0.717, 1.165) is 19.3 Å². The molecular formula is C14H19NO3. The van der Waals surface area contributed by atoms with Gasteiger partial charge >= 0.3 is 5.97 Å². The lowest BCUT2D eigenvalue weighted by molar-refractivity contribution is -0.142. The maximum atomic E-state index is 11.6. The summed E-state index contributed by atoms with van der Waals surface area (Å²) in [4.78, 5) is 22.8. The van der Waals surface area contributed by atoms with E-state index in [1.165, 1.54) is 0 Å². The quantitative estimate of drug-likeness (QED) is 0.730. The monoisotopic (exact) mass is 249 g/mol. The van der Waals surface area contributed by atoms with Crippen molar-refractivity contribution in [2.45, 2.75) is 38.6 Å². The number of benzene rings is 1. The van der Waals surface area contributed by atoms with Gasteiger partial charge in [-0.3, -0.25) is 4.79 Å². The number of nitrogens with one attached hydrogen (secondary N) is 1. The van der Waals surface area contributed by atoms with Crippen LogP contribution in [0, 0.1) is 0 Å².